The number of halogens is 1. The predicted molar refractivity (Wildman–Crippen MR) is 70.6 cm³/mol. The summed E-state index contributed by atoms with van der Waals surface area (Å²) in [4.78, 5) is 0.222. The molecule has 1 atom stereocenters. The summed E-state index contributed by atoms with van der Waals surface area (Å²) in [5.41, 5.74) is 0. The van der Waals surface area contributed by atoms with Crippen LogP contribution < -0.4 is 4.72 Å². The maximum Gasteiger partial charge on any atom is 0.240 e. The Hall–Kier alpha value is -0.180. The summed E-state index contributed by atoms with van der Waals surface area (Å²) >= 11 is 2.11. The molecule has 16 heavy (non-hydrogen) atoms. The molecule has 4 nitrogen and oxygen atoms in total. The van der Waals surface area contributed by atoms with Gasteiger partial charge in [-0.05, 0) is 53.3 Å². The summed E-state index contributed by atoms with van der Waals surface area (Å²) in [5.74, 6) is 0. The van der Waals surface area contributed by atoms with Gasteiger partial charge in [0.2, 0.25) is 10.0 Å². The molecule has 1 aromatic rings. The van der Waals surface area contributed by atoms with E-state index < -0.39 is 16.1 Å². The second-order valence-corrected chi connectivity index (χ2v) is 6.32. The molecular formula is C10H14INO3S. The Morgan fingerprint density at radius 1 is 1.38 bits per heavy atom. The van der Waals surface area contributed by atoms with Crippen LogP contribution in [0.15, 0.2) is 29.2 Å². The summed E-state index contributed by atoms with van der Waals surface area (Å²) in [5, 5.41) is 8.95. The quantitative estimate of drug-likeness (QED) is 0.784. The van der Waals surface area contributed by atoms with E-state index in [2.05, 4.69) is 27.3 Å². The van der Waals surface area contributed by atoms with Gasteiger partial charge < -0.3 is 5.11 Å². The number of nitrogens with one attached hydrogen (secondary N) is 1. The van der Waals surface area contributed by atoms with Gasteiger partial charge in [-0.25, -0.2) is 13.1 Å². The monoisotopic (exact) mass is 355 g/mol. The first-order valence-electron chi connectivity index (χ1n) is 4.88. The van der Waals surface area contributed by atoms with E-state index >= 15 is 0 Å². The highest BCUT2D eigenvalue weighted by Gasteiger charge is 2.17. The number of aliphatic hydroxyl groups excluding tert-OH is 1. The van der Waals surface area contributed by atoms with E-state index in [-0.39, 0.29) is 11.5 Å². The van der Waals surface area contributed by atoms with Gasteiger partial charge in [0.15, 0.2) is 0 Å². The maximum atomic E-state index is 11.8. The fraction of sp³-hybridized carbons (Fsp3) is 0.400. The number of sulfonamides is 1. The molecule has 0 spiro atoms. The average molecular weight is 355 g/mol. The molecule has 90 valence electrons. The second kappa shape index (κ2) is 5.95. The third kappa shape index (κ3) is 3.69. The Kier molecular flexibility index (Phi) is 5.16. The minimum Gasteiger partial charge on any atom is -0.395 e. The van der Waals surface area contributed by atoms with Crippen molar-refractivity contribution in [3.05, 3.63) is 27.8 Å². The highest BCUT2D eigenvalue weighted by atomic mass is 127. The van der Waals surface area contributed by atoms with Gasteiger partial charge in [0.1, 0.15) is 0 Å². The Balaban J connectivity index is 2.89. The van der Waals surface area contributed by atoms with E-state index in [0.717, 1.165) is 3.57 Å². The third-order valence-corrected chi connectivity index (χ3v) is 4.41. The van der Waals surface area contributed by atoms with E-state index in [9.17, 15) is 8.42 Å². The van der Waals surface area contributed by atoms with Crippen molar-refractivity contribution < 1.29 is 13.5 Å². The highest BCUT2D eigenvalue weighted by Crippen LogP contribution is 2.12. The number of benzene rings is 1. The highest BCUT2D eigenvalue weighted by molar-refractivity contribution is 14.1. The summed E-state index contributed by atoms with van der Waals surface area (Å²) in [6.45, 7) is 1.62. The maximum absolute atomic E-state index is 11.8. The van der Waals surface area contributed by atoms with Crippen molar-refractivity contribution in [1.82, 2.24) is 4.72 Å². The van der Waals surface area contributed by atoms with E-state index in [4.69, 9.17) is 5.11 Å². The lowest BCUT2D eigenvalue weighted by molar-refractivity contribution is 0.254. The van der Waals surface area contributed by atoms with Crippen molar-refractivity contribution in [2.75, 3.05) is 6.61 Å². The molecule has 0 amide bonds. The molecule has 0 saturated carbocycles. The lowest BCUT2D eigenvalue weighted by Gasteiger charge is -2.14. The van der Waals surface area contributed by atoms with Gasteiger partial charge in [-0.2, -0.15) is 0 Å². The fourth-order valence-corrected chi connectivity index (χ4v) is 2.82. The molecule has 0 aliphatic heterocycles. The largest absolute Gasteiger partial charge is 0.395 e. The molecular weight excluding hydrogens is 341 g/mol. The number of hydrogen-bond donors (Lipinski definition) is 2. The summed E-state index contributed by atoms with van der Waals surface area (Å²) in [6.07, 6.45) is 0.556. The van der Waals surface area contributed by atoms with Gasteiger partial charge in [-0.3, -0.25) is 0 Å². The summed E-state index contributed by atoms with van der Waals surface area (Å²) < 4.78 is 27.1. The SMILES string of the molecule is CC[C@@H](CO)NS(=O)(=O)c1ccc(I)cc1. The van der Waals surface area contributed by atoms with E-state index in [1.807, 2.05) is 6.92 Å². The van der Waals surface area contributed by atoms with Crippen molar-refractivity contribution in [2.24, 2.45) is 0 Å². The minimum atomic E-state index is -3.51. The van der Waals surface area contributed by atoms with Crippen LogP contribution in [-0.4, -0.2) is 26.2 Å². The molecule has 0 aliphatic carbocycles. The van der Waals surface area contributed by atoms with Crippen LogP contribution in [0.3, 0.4) is 0 Å². The Labute approximate surface area is 109 Å². The van der Waals surface area contributed by atoms with E-state index in [1.54, 1.807) is 24.3 Å². The molecule has 0 aliphatic rings. The number of rotatable bonds is 5. The first kappa shape index (κ1) is 13.9. The van der Waals surface area contributed by atoms with Gasteiger partial charge in [0.25, 0.3) is 0 Å². The Bertz CT molecular complexity index is 426. The van der Waals surface area contributed by atoms with Crippen molar-refractivity contribution in [3.8, 4) is 0 Å². The minimum absolute atomic E-state index is 0.194. The van der Waals surface area contributed by atoms with Crippen LogP contribution in [-0.2, 0) is 10.0 Å². The summed E-state index contributed by atoms with van der Waals surface area (Å²) in [6, 6.07) is 6.14. The zero-order chi connectivity index (χ0) is 12.2. The molecule has 6 heteroatoms. The van der Waals surface area contributed by atoms with Crippen LogP contribution in [0.25, 0.3) is 0 Å². The van der Waals surface area contributed by atoms with E-state index in [1.165, 1.54) is 0 Å². The van der Waals surface area contributed by atoms with Crippen molar-refractivity contribution >= 4 is 32.6 Å². The molecule has 0 bridgehead atoms. The number of hydrogen-bond acceptors (Lipinski definition) is 3. The van der Waals surface area contributed by atoms with Gasteiger partial charge in [0, 0.05) is 9.61 Å². The molecule has 2 N–H and O–H groups in total. The topological polar surface area (TPSA) is 66.4 Å². The van der Waals surface area contributed by atoms with Gasteiger partial charge >= 0.3 is 0 Å². The van der Waals surface area contributed by atoms with Crippen molar-refractivity contribution in [1.29, 1.82) is 0 Å². The lowest BCUT2D eigenvalue weighted by Crippen LogP contribution is -2.36. The third-order valence-electron chi connectivity index (χ3n) is 2.16. The van der Waals surface area contributed by atoms with Crippen LogP contribution >= 0.6 is 22.6 Å². The van der Waals surface area contributed by atoms with Crippen LogP contribution in [0.4, 0.5) is 0 Å². The van der Waals surface area contributed by atoms with Gasteiger partial charge in [-0.1, -0.05) is 6.92 Å². The molecule has 0 heterocycles. The second-order valence-electron chi connectivity index (χ2n) is 3.36. The zero-order valence-electron chi connectivity index (χ0n) is 8.85. The zero-order valence-corrected chi connectivity index (χ0v) is 11.8. The molecule has 1 rings (SSSR count). The van der Waals surface area contributed by atoms with Gasteiger partial charge in [0.05, 0.1) is 11.5 Å². The van der Waals surface area contributed by atoms with E-state index in [0.29, 0.717) is 6.42 Å². The van der Waals surface area contributed by atoms with Crippen molar-refractivity contribution in [3.63, 3.8) is 0 Å². The van der Waals surface area contributed by atoms with Crippen LogP contribution in [0.5, 0.6) is 0 Å². The van der Waals surface area contributed by atoms with Crippen LogP contribution in [0.1, 0.15) is 13.3 Å². The standard InChI is InChI=1S/C10H14INO3S/c1-2-9(7-13)12-16(14,15)10-5-3-8(11)4-6-10/h3-6,9,12-13H,2,7H2,1H3/t9-/m0/s1. The molecule has 0 saturated heterocycles. The van der Waals surface area contributed by atoms with Crippen LogP contribution in [0.2, 0.25) is 0 Å². The lowest BCUT2D eigenvalue weighted by atomic mass is 10.3. The summed E-state index contributed by atoms with van der Waals surface area (Å²) in [7, 11) is -3.51. The van der Waals surface area contributed by atoms with Crippen molar-refractivity contribution in [2.45, 2.75) is 24.3 Å². The Morgan fingerprint density at radius 3 is 2.38 bits per heavy atom. The molecule has 0 fully saturated rings. The molecule has 1 aromatic carbocycles. The average Bonchev–Trinajstić information content (AvgIpc) is 2.26. The predicted octanol–water partition coefficient (Wildman–Crippen LogP) is 1.34. The fourth-order valence-electron chi connectivity index (χ4n) is 1.15. The number of aliphatic hydroxyl groups is 1. The normalized spacial score (nSPS) is 13.7. The van der Waals surface area contributed by atoms with Gasteiger partial charge in [-0.15, -0.1) is 0 Å². The van der Waals surface area contributed by atoms with Crippen LogP contribution in [0, 0.1) is 3.57 Å². The Morgan fingerprint density at radius 2 is 1.94 bits per heavy atom. The first-order valence-corrected chi connectivity index (χ1v) is 7.44. The molecule has 0 unspecified atom stereocenters. The smallest absolute Gasteiger partial charge is 0.240 e. The molecule has 0 radical (unpaired) electrons. The molecule has 0 aromatic heterocycles. The first-order chi connectivity index (χ1) is 7.49.